The van der Waals surface area contributed by atoms with E-state index < -0.39 is 8.32 Å². The fourth-order valence-electron chi connectivity index (χ4n) is 2.25. The van der Waals surface area contributed by atoms with Crippen molar-refractivity contribution in [3.8, 4) is 5.75 Å². The molecule has 0 fully saturated rings. The molecular formula is C21H36O3Si. The summed E-state index contributed by atoms with van der Waals surface area (Å²) in [6.45, 7) is 18.8. The lowest BCUT2D eigenvalue weighted by Crippen LogP contribution is -2.45. The highest BCUT2D eigenvalue weighted by atomic mass is 28.4. The van der Waals surface area contributed by atoms with Gasteiger partial charge in [-0.3, -0.25) is 0 Å². The molecule has 0 radical (unpaired) electrons. The van der Waals surface area contributed by atoms with Crippen molar-refractivity contribution >= 4 is 8.32 Å². The minimum Gasteiger partial charge on any atom is -0.497 e. The second-order valence-corrected chi connectivity index (χ2v) is 13.0. The lowest BCUT2D eigenvalue weighted by Gasteiger charge is -2.40. The van der Waals surface area contributed by atoms with Crippen molar-refractivity contribution in [2.24, 2.45) is 5.92 Å². The molecule has 0 aliphatic carbocycles. The molecule has 3 nitrogen and oxygen atoms in total. The van der Waals surface area contributed by atoms with Gasteiger partial charge in [0.2, 0.25) is 0 Å². The van der Waals surface area contributed by atoms with Gasteiger partial charge in [0, 0.05) is 6.61 Å². The third kappa shape index (κ3) is 6.96. The molecule has 0 aliphatic rings. The molecule has 2 atom stereocenters. The van der Waals surface area contributed by atoms with Crippen LogP contribution in [-0.4, -0.2) is 28.1 Å². The Morgan fingerprint density at radius 1 is 1.16 bits per heavy atom. The molecule has 4 heteroatoms. The first-order valence-corrected chi connectivity index (χ1v) is 12.0. The summed E-state index contributed by atoms with van der Waals surface area (Å²) < 4.78 is 17.7. The number of rotatable bonds is 10. The third-order valence-electron chi connectivity index (χ3n) is 5.18. The third-order valence-corrected chi connectivity index (χ3v) is 9.69. The molecule has 0 aliphatic heterocycles. The number of benzene rings is 1. The van der Waals surface area contributed by atoms with E-state index in [9.17, 15) is 0 Å². The first-order valence-electron chi connectivity index (χ1n) is 9.11. The van der Waals surface area contributed by atoms with Crippen LogP contribution in [-0.2, 0) is 15.8 Å². The van der Waals surface area contributed by atoms with Gasteiger partial charge < -0.3 is 13.9 Å². The second-order valence-electron chi connectivity index (χ2n) is 8.20. The largest absolute Gasteiger partial charge is 0.497 e. The number of ether oxygens (including phenoxy) is 2. The van der Waals surface area contributed by atoms with Crippen LogP contribution in [0.15, 0.2) is 36.9 Å². The zero-order chi connectivity index (χ0) is 19.1. The average Bonchev–Trinajstić information content (AvgIpc) is 2.56. The summed E-state index contributed by atoms with van der Waals surface area (Å²) in [4.78, 5) is 0. The van der Waals surface area contributed by atoms with E-state index in [-0.39, 0.29) is 11.1 Å². The van der Waals surface area contributed by atoms with Crippen molar-refractivity contribution in [1.29, 1.82) is 0 Å². The van der Waals surface area contributed by atoms with Gasteiger partial charge in [-0.05, 0) is 48.2 Å². The van der Waals surface area contributed by atoms with E-state index in [2.05, 4.69) is 47.4 Å². The summed E-state index contributed by atoms with van der Waals surface area (Å²) in [7, 11) is -0.124. The monoisotopic (exact) mass is 364 g/mol. The summed E-state index contributed by atoms with van der Waals surface area (Å²) in [6.07, 6.45) is 3.03. The van der Waals surface area contributed by atoms with Gasteiger partial charge in [0.25, 0.3) is 0 Å². The van der Waals surface area contributed by atoms with Gasteiger partial charge in [-0.25, -0.2) is 0 Å². The van der Waals surface area contributed by atoms with E-state index >= 15 is 0 Å². The molecule has 0 bridgehead atoms. The highest BCUT2D eigenvalue weighted by Crippen LogP contribution is 2.38. The fraction of sp³-hybridized carbons (Fsp3) is 0.619. The van der Waals surface area contributed by atoms with Gasteiger partial charge in [0.15, 0.2) is 8.32 Å². The number of hydrogen-bond acceptors (Lipinski definition) is 3. The van der Waals surface area contributed by atoms with E-state index in [4.69, 9.17) is 13.9 Å². The van der Waals surface area contributed by atoms with Gasteiger partial charge in [0.1, 0.15) is 5.75 Å². The van der Waals surface area contributed by atoms with Crippen LogP contribution < -0.4 is 4.74 Å². The summed E-state index contributed by atoms with van der Waals surface area (Å²) >= 11 is 0. The summed E-state index contributed by atoms with van der Waals surface area (Å²) in [5.41, 5.74) is 1.15. The molecule has 0 N–H and O–H groups in total. The van der Waals surface area contributed by atoms with E-state index in [1.54, 1.807) is 7.11 Å². The lowest BCUT2D eigenvalue weighted by atomic mass is 10.0. The second kappa shape index (κ2) is 9.55. The highest BCUT2D eigenvalue weighted by molar-refractivity contribution is 6.74. The van der Waals surface area contributed by atoms with Crippen LogP contribution in [0.1, 0.15) is 39.7 Å². The Hall–Kier alpha value is -1.10. The summed E-state index contributed by atoms with van der Waals surface area (Å²) in [6, 6.07) is 7.99. The van der Waals surface area contributed by atoms with E-state index in [1.165, 1.54) is 0 Å². The summed E-state index contributed by atoms with van der Waals surface area (Å²) in [5, 5.41) is 0.204. The van der Waals surface area contributed by atoms with Crippen LogP contribution >= 0.6 is 0 Å². The maximum atomic E-state index is 6.61. The van der Waals surface area contributed by atoms with Gasteiger partial charge in [-0.1, -0.05) is 45.9 Å². The molecule has 1 aromatic carbocycles. The van der Waals surface area contributed by atoms with Crippen molar-refractivity contribution in [3.63, 3.8) is 0 Å². The first kappa shape index (κ1) is 21.9. The van der Waals surface area contributed by atoms with E-state index in [1.807, 2.05) is 30.3 Å². The van der Waals surface area contributed by atoms with Crippen LogP contribution in [0.25, 0.3) is 0 Å². The molecule has 25 heavy (non-hydrogen) atoms. The predicted molar refractivity (Wildman–Crippen MR) is 109 cm³/mol. The van der Waals surface area contributed by atoms with E-state index in [0.29, 0.717) is 19.1 Å². The Labute approximate surface area is 155 Å². The van der Waals surface area contributed by atoms with Crippen LogP contribution in [0.5, 0.6) is 5.75 Å². The van der Waals surface area contributed by atoms with Crippen molar-refractivity contribution in [1.82, 2.24) is 0 Å². The molecule has 142 valence electrons. The number of methoxy groups -OCH3 is 1. The van der Waals surface area contributed by atoms with Gasteiger partial charge in [0.05, 0.1) is 19.8 Å². The normalized spacial score (nSPS) is 14.8. The summed E-state index contributed by atoms with van der Waals surface area (Å²) in [5.74, 6) is 1.19. The smallest absolute Gasteiger partial charge is 0.192 e. The van der Waals surface area contributed by atoms with Crippen LogP contribution in [0.2, 0.25) is 18.1 Å². The number of hydrogen-bond donors (Lipinski definition) is 0. The Kier molecular flexibility index (Phi) is 8.38. The Bertz CT molecular complexity index is 517. The van der Waals surface area contributed by atoms with E-state index in [0.717, 1.165) is 17.7 Å². The highest BCUT2D eigenvalue weighted by Gasteiger charge is 2.39. The standard InChI is InChI=1S/C21H36O3Si/c1-9-17(2)20(24-25(7,8)21(3,4)5)14-15-23-16-18-10-12-19(22-6)13-11-18/h9-13,17,20H,1,14-16H2,2-8H3/t17-,20+/m1/s1. The van der Waals surface area contributed by atoms with Gasteiger partial charge >= 0.3 is 0 Å². The average molecular weight is 365 g/mol. The van der Waals surface area contributed by atoms with Crippen LogP contribution in [0.4, 0.5) is 0 Å². The van der Waals surface area contributed by atoms with Crippen molar-refractivity contribution < 1.29 is 13.9 Å². The molecule has 1 aromatic rings. The molecule has 1 rings (SSSR count). The fourth-order valence-corrected chi connectivity index (χ4v) is 3.69. The molecule has 0 amide bonds. The maximum absolute atomic E-state index is 6.61. The Balaban J connectivity index is 2.54. The topological polar surface area (TPSA) is 27.7 Å². The molecule has 0 unspecified atom stereocenters. The SMILES string of the molecule is C=C[C@@H](C)[C@H](CCOCc1ccc(OC)cc1)O[Si](C)(C)C(C)(C)C. The molecule has 0 saturated carbocycles. The molecule has 0 saturated heterocycles. The molecule has 0 spiro atoms. The van der Waals surface area contributed by atoms with Crippen molar-refractivity contribution in [3.05, 3.63) is 42.5 Å². The van der Waals surface area contributed by atoms with Gasteiger partial charge in [-0.15, -0.1) is 6.58 Å². The molecular weight excluding hydrogens is 328 g/mol. The van der Waals surface area contributed by atoms with Crippen LogP contribution in [0, 0.1) is 5.92 Å². The lowest BCUT2D eigenvalue weighted by molar-refractivity contribution is 0.0641. The quantitative estimate of drug-likeness (QED) is 0.298. The van der Waals surface area contributed by atoms with Gasteiger partial charge in [-0.2, -0.15) is 0 Å². The predicted octanol–water partition coefficient (Wildman–Crippen LogP) is 5.81. The Morgan fingerprint density at radius 3 is 2.24 bits per heavy atom. The minimum atomic E-state index is -1.80. The maximum Gasteiger partial charge on any atom is 0.192 e. The minimum absolute atomic E-state index is 0.161. The molecule has 0 aromatic heterocycles. The van der Waals surface area contributed by atoms with Crippen molar-refractivity contribution in [2.45, 2.75) is 65.0 Å². The van der Waals surface area contributed by atoms with Crippen molar-refractivity contribution in [2.75, 3.05) is 13.7 Å². The molecule has 0 heterocycles. The Morgan fingerprint density at radius 2 is 1.76 bits per heavy atom. The zero-order valence-electron chi connectivity index (χ0n) is 17.1. The first-order chi connectivity index (χ1) is 11.6. The zero-order valence-corrected chi connectivity index (χ0v) is 18.1. The van der Waals surface area contributed by atoms with Crippen LogP contribution in [0.3, 0.4) is 0 Å².